The summed E-state index contributed by atoms with van der Waals surface area (Å²) in [6.45, 7) is 15.8. The first-order valence-corrected chi connectivity index (χ1v) is 32.5. The van der Waals surface area contributed by atoms with E-state index >= 15 is 0 Å². The molecular formula is C64H101ClF3N11O12. The molecule has 3 aliphatic rings. The molecule has 4 rings (SSSR count). The van der Waals surface area contributed by atoms with E-state index in [9.17, 15) is 65.9 Å². The first kappa shape index (κ1) is 76.9. The van der Waals surface area contributed by atoms with Crippen LogP contribution in [0.25, 0.3) is 0 Å². The van der Waals surface area contributed by atoms with E-state index in [4.69, 9.17) is 16.3 Å². The van der Waals surface area contributed by atoms with Gasteiger partial charge in [0.25, 0.3) is 0 Å². The van der Waals surface area contributed by atoms with E-state index in [-0.39, 0.29) is 95.5 Å². The van der Waals surface area contributed by atoms with Crippen molar-refractivity contribution < 1.29 is 70.6 Å². The van der Waals surface area contributed by atoms with Crippen LogP contribution >= 0.6 is 11.6 Å². The molecule has 3 fully saturated rings. The molecule has 2 unspecified atom stereocenters. The predicted octanol–water partition coefficient (Wildman–Crippen LogP) is 4.74. The molecule has 1 aromatic rings. The molecule has 3 N–H and O–H groups in total. The molecule has 91 heavy (non-hydrogen) atoms. The Labute approximate surface area is 540 Å². The van der Waals surface area contributed by atoms with Crippen molar-refractivity contribution in [2.45, 2.75) is 206 Å². The van der Waals surface area contributed by atoms with Gasteiger partial charge in [0.1, 0.15) is 48.3 Å². The summed E-state index contributed by atoms with van der Waals surface area (Å²) in [6, 6.07) is -6.51. The third-order valence-corrected chi connectivity index (χ3v) is 18.7. The topological polar surface area (TPSA) is 259 Å². The van der Waals surface area contributed by atoms with Crippen molar-refractivity contribution in [1.82, 2.24) is 55.1 Å². The fraction of sp³-hybridized carbons (Fsp3) is 0.734. The van der Waals surface area contributed by atoms with Crippen LogP contribution in [0.3, 0.4) is 0 Å². The monoisotopic (exact) mass is 1310 g/mol. The van der Waals surface area contributed by atoms with E-state index in [0.717, 1.165) is 21.9 Å². The van der Waals surface area contributed by atoms with Crippen LogP contribution in [-0.4, -0.2) is 240 Å². The minimum absolute atomic E-state index is 0.0207. The molecule has 512 valence electrons. The fourth-order valence-electron chi connectivity index (χ4n) is 11.6. The molecule has 3 heterocycles. The molecule has 0 aromatic heterocycles. The number of benzene rings is 1. The van der Waals surface area contributed by atoms with Crippen molar-refractivity contribution in [2.24, 2.45) is 17.8 Å². The maximum Gasteiger partial charge on any atom is 0.417 e. The quantitative estimate of drug-likeness (QED) is 0.226. The molecule has 0 spiro atoms. The van der Waals surface area contributed by atoms with Crippen LogP contribution in [0.15, 0.2) is 18.2 Å². The van der Waals surface area contributed by atoms with E-state index in [1.54, 1.807) is 27.9 Å². The summed E-state index contributed by atoms with van der Waals surface area (Å²) < 4.78 is 46.8. The van der Waals surface area contributed by atoms with E-state index < -0.39 is 143 Å². The molecule has 23 nitrogen and oxygen atoms in total. The van der Waals surface area contributed by atoms with Crippen molar-refractivity contribution in [2.75, 3.05) is 81.7 Å². The van der Waals surface area contributed by atoms with Gasteiger partial charge in [0.2, 0.25) is 65.0 Å². The third-order valence-electron chi connectivity index (χ3n) is 18.4. The Morgan fingerprint density at radius 3 is 1.89 bits per heavy atom. The molecule has 3 aliphatic heterocycles. The third kappa shape index (κ3) is 20.2. The molecule has 1 aromatic carbocycles. The second-order valence-electron chi connectivity index (χ2n) is 25.5. The number of hydrogen-bond donors (Lipinski definition) is 3. The van der Waals surface area contributed by atoms with Gasteiger partial charge in [-0.2, -0.15) is 13.2 Å². The normalized spacial score (nSPS) is 26.5. The summed E-state index contributed by atoms with van der Waals surface area (Å²) >= 11 is 6.06. The fourth-order valence-corrected chi connectivity index (χ4v) is 11.9. The van der Waals surface area contributed by atoms with Gasteiger partial charge in [-0.15, -0.1) is 0 Å². The van der Waals surface area contributed by atoms with Crippen molar-refractivity contribution in [3.05, 3.63) is 34.3 Å². The SMILES string of the molecule is CCCOC[C@H]1C(=O)N(C)CC(=O)N[C@@H](CCc2ccc(C(F)(F)F)c(Cl)c2)C(=O)N2CCC[C@H]2C(=O)NCCCCC(=O)N(C)C([C@@H](C)CC)C(=O)N(C)[C@H](C)CC(=O)N(C)C(CC(C)C)C(=O)N[C@@H]([C@@H](C)CC)C(=O)N(C)[C@@H](C)C(=O)N2CC[C@H]2C(=O)N1C. The second kappa shape index (κ2) is 34.9. The van der Waals surface area contributed by atoms with Crippen LogP contribution in [0.5, 0.6) is 0 Å². The number of carbonyl (C=O) groups excluding carboxylic acids is 11. The minimum atomic E-state index is -4.73. The Hall–Kier alpha value is -6.57. The highest BCUT2D eigenvalue weighted by atomic mass is 35.5. The van der Waals surface area contributed by atoms with Gasteiger partial charge in [0, 0.05) is 87.4 Å². The Bertz CT molecular complexity index is 2740. The lowest BCUT2D eigenvalue weighted by Crippen LogP contribution is -2.65. The van der Waals surface area contributed by atoms with Crippen LogP contribution < -0.4 is 16.0 Å². The number of alkyl halides is 3. The summed E-state index contributed by atoms with van der Waals surface area (Å²) in [6.07, 6.45) is -1.81. The first-order chi connectivity index (χ1) is 42.6. The van der Waals surface area contributed by atoms with Crippen molar-refractivity contribution in [3.63, 3.8) is 0 Å². The minimum Gasteiger partial charge on any atom is -0.379 e. The lowest BCUT2D eigenvalue weighted by atomic mass is 9.94. The highest BCUT2D eigenvalue weighted by Gasteiger charge is 2.46. The van der Waals surface area contributed by atoms with Gasteiger partial charge in [-0.3, -0.25) is 52.7 Å². The van der Waals surface area contributed by atoms with E-state index in [0.29, 0.717) is 44.1 Å². The molecular weight excluding hydrogens is 1210 g/mol. The summed E-state index contributed by atoms with van der Waals surface area (Å²) in [7, 11) is 8.73. The van der Waals surface area contributed by atoms with E-state index in [2.05, 4.69) is 16.0 Å². The average molecular weight is 1310 g/mol. The number of nitrogens with zero attached hydrogens (tertiary/aromatic N) is 8. The second-order valence-corrected chi connectivity index (χ2v) is 25.9. The number of nitrogens with one attached hydrogen (secondary N) is 3. The summed E-state index contributed by atoms with van der Waals surface area (Å²) in [5.74, 6) is -7.11. The molecule has 11 amide bonds. The summed E-state index contributed by atoms with van der Waals surface area (Å²) in [5, 5.41) is 7.91. The Kier molecular flexibility index (Phi) is 29.5. The molecule has 0 saturated carbocycles. The van der Waals surface area contributed by atoms with Gasteiger partial charge in [-0.05, 0) is 107 Å². The standard InChI is InChI=1S/C64H101ClF3N11O12/c1-16-32-91-37-50-60(87)72(10)36-51(80)70-46(27-25-43-24-26-44(45(65)35-43)64(66,67)68)59(86)78-30-21-22-47(78)56(83)69-29-20-19-23-52(81)77(15)55(40(7)18-3)63(90)73(11)41(8)34-53(82)75(13)49(33-38(4)5)57(84)71-54(39(6)17-2)62(89)74(12)42(9)58(85)79-31-28-48(79)61(88)76(50)14/h24,26,35,38-42,46-50,54-55H,16-23,25,27-34,36-37H2,1-15H3,(H,69,83)(H,70,80)(H,71,84)/t39-,40-,41+,42-,46-,47-,48-,49?,50-,54-,55?/m0/s1. The molecule has 27 heteroatoms. The zero-order chi connectivity index (χ0) is 68.5. The van der Waals surface area contributed by atoms with Gasteiger partial charge in [-0.25, -0.2) is 0 Å². The molecule has 3 saturated heterocycles. The van der Waals surface area contributed by atoms with Gasteiger partial charge < -0.3 is 59.9 Å². The van der Waals surface area contributed by atoms with Crippen LogP contribution in [0.2, 0.25) is 5.02 Å². The number of ether oxygens (including phenoxy) is 1. The van der Waals surface area contributed by atoms with Crippen molar-refractivity contribution >= 4 is 76.6 Å². The Morgan fingerprint density at radius 1 is 0.659 bits per heavy atom. The van der Waals surface area contributed by atoms with Gasteiger partial charge >= 0.3 is 6.18 Å². The van der Waals surface area contributed by atoms with E-state index in [1.165, 1.54) is 70.6 Å². The maximum atomic E-state index is 14.6. The Balaban J connectivity index is 1.73. The van der Waals surface area contributed by atoms with Gasteiger partial charge in [0.15, 0.2) is 0 Å². The van der Waals surface area contributed by atoms with Crippen LogP contribution in [-0.2, 0) is 70.1 Å². The number of amides is 11. The first-order valence-electron chi connectivity index (χ1n) is 32.1. The van der Waals surface area contributed by atoms with Gasteiger partial charge in [-0.1, -0.05) is 79.0 Å². The molecule has 0 aliphatic carbocycles. The number of carbonyl (C=O) groups is 11. The average Bonchev–Trinajstić information content (AvgIpc) is 1.18. The van der Waals surface area contributed by atoms with E-state index in [1.807, 2.05) is 41.5 Å². The molecule has 11 atom stereocenters. The number of hydrogen-bond acceptors (Lipinski definition) is 12. The number of aryl methyl sites for hydroxylation is 1. The highest BCUT2D eigenvalue weighted by molar-refractivity contribution is 6.31. The van der Waals surface area contributed by atoms with Gasteiger partial charge in [0.05, 0.1) is 23.7 Å². The smallest absolute Gasteiger partial charge is 0.379 e. The number of rotatable bonds is 13. The van der Waals surface area contributed by atoms with Crippen LogP contribution in [0.1, 0.15) is 150 Å². The zero-order valence-electron chi connectivity index (χ0n) is 56.1. The van der Waals surface area contributed by atoms with Crippen LogP contribution in [0, 0.1) is 17.8 Å². The number of fused-ring (bicyclic) bond motifs is 2. The number of halogens is 4. The van der Waals surface area contributed by atoms with Crippen LogP contribution in [0.4, 0.5) is 13.2 Å². The highest BCUT2D eigenvalue weighted by Crippen LogP contribution is 2.35. The molecule has 0 radical (unpaired) electrons. The Morgan fingerprint density at radius 2 is 1.31 bits per heavy atom. The summed E-state index contributed by atoms with van der Waals surface area (Å²) in [4.78, 5) is 168. The zero-order valence-corrected chi connectivity index (χ0v) is 56.8. The van der Waals surface area contributed by atoms with Crippen molar-refractivity contribution in [1.29, 1.82) is 0 Å². The van der Waals surface area contributed by atoms with Crippen molar-refractivity contribution in [3.8, 4) is 0 Å². The largest absolute Gasteiger partial charge is 0.417 e. The maximum absolute atomic E-state index is 14.6. The number of likely N-dealkylation sites (N-methyl/N-ethyl adjacent to an activating group) is 6. The predicted molar refractivity (Wildman–Crippen MR) is 336 cm³/mol. The lowest BCUT2D eigenvalue weighted by Gasteiger charge is -2.45. The lowest BCUT2D eigenvalue weighted by molar-refractivity contribution is -0.161. The molecule has 0 bridgehead atoms. The summed E-state index contributed by atoms with van der Waals surface area (Å²) in [5.41, 5.74) is -0.741.